The van der Waals surface area contributed by atoms with Gasteiger partial charge in [0.05, 0.1) is 12.2 Å². The van der Waals surface area contributed by atoms with E-state index in [1.165, 1.54) is 0 Å². The Kier molecular flexibility index (Phi) is 3.85. The van der Waals surface area contributed by atoms with E-state index in [2.05, 4.69) is 48.6 Å². The maximum atomic E-state index is 5.76. The molecule has 4 heteroatoms. The fourth-order valence-corrected chi connectivity index (χ4v) is 2.36. The molecule has 0 saturated carbocycles. The van der Waals surface area contributed by atoms with Crippen LogP contribution in [-0.2, 0) is 4.74 Å². The molecule has 18 heavy (non-hydrogen) atoms. The van der Waals surface area contributed by atoms with Gasteiger partial charge in [0.15, 0.2) is 0 Å². The van der Waals surface area contributed by atoms with E-state index in [0.717, 1.165) is 30.4 Å². The van der Waals surface area contributed by atoms with Crippen molar-refractivity contribution in [3.63, 3.8) is 0 Å². The lowest BCUT2D eigenvalue weighted by Crippen LogP contribution is -2.46. The van der Waals surface area contributed by atoms with Crippen molar-refractivity contribution in [2.24, 2.45) is 0 Å². The first-order chi connectivity index (χ1) is 8.45. The van der Waals surface area contributed by atoms with E-state index < -0.39 is 0 Å². The van der Waals surface area contributed by atoms with Gasteiger partial charge in [0.2, 0.25) is 0 Å². The quantitative estimate of drug-likeness (QED) is 0.807. The zero-order valence-corrected chi connectivity index (χ0v) is 12.0. The van der Waals surface area contributed by atoms with E-state index in [1.54, 1.807) is 0 Å². The molecule has 2 rings (SSSR count). The van der Waals surface area contributed by atoms with Crippen molar-refractivity contribution in [2.45, 2.75) is 52.7 Å². The van der Waals surface area contributed by atoms with Crippen molar-refractivity contribution in [1.29, 1.82) is 0 Å². The van der Waals surface area contributed by atoms with E-state index in [4.69, 9.17) is 4.74 Å². The third kappa shape index (κ3) is 2.99. The minimum atomic E-state index is 0.256. The number of nitrogens with zero attached hydrogens (tertiary/aromatic N) is 3. The summed E-state index contributed by atoms with van der Waals surface area (Å²) in [6.45, 7) is 12.3. The highest BCUT2D eigenvalue weighted by molar-refractivity contribution is 5.40. The Morgan fingerprint density at radius 3 is 2.39 bits per heavy atom. The third-order valence-electron chi connectivity index (χ3n) is 3.12. The molecule has 4 nitrogen and oxygen atoms in total. The molecule has 0 bridgehead atoms. The molecule has 1 fully saturated rings. The number of hydrogen-bond acceptors (Lipinski definition) is 4. The van der Waals surface area contributed by atoms with Gasteiger partial charge >= 0.3 is 0 Å². The monoisotopic (exact) mass is 249 g/mol. The van der Waals surface area contributed by atoms with Crippen molar-refractivity contribution in [3.8, 4) is 0 Å². The van der Waals surface area contributed by atoms with Crippen LogP contribution in [0.4, 0.5) is 5.82 Å². The van der Waals surface area contributed by atoms with Gasteiger partial charge < -0.3 is 9.64 Å². The summed E-state index contributed by atoms with van der Waals surface area (Å²) in [7, 11) is 0. The summed E-state index contributed by atoms with van der Waals surface area (Å²) in [5, 5.41) is 0. The summed E-state index contributed by atoms with van der Waals surface area (Å²) in [6, 6.07) is 2.07. The van der Waals surface area contributed by atoms with E-state index in [9.17, 15) is 0 Å². The zero-order chi connectivity index (χ0) is 13.3. The highest BCUT2D eigenvalue weighted by atomic mass is 16.5. The number of hydrogen-bond donors (Lipinski definition) is 0. The van der Waals surface area contributed by atoms with E-state index in [-0.39, 0.29) is 12.2 Å². The third-order valence-corrected chi connectivity index (χ3v) is 3.12. The molecular formula is C14H23N3O. The molecule has 1 saturated heterocycles. The van der Waals surface area contributed by atoms with Crippen LogP contribution in [0.15, 0.2) is 6.07 Å². The van der Waals surface area contributed by atoms with Crippen LogP contribution in [0.25, 0.3) is 0 Å². The highest BCUT2D eigenvalue weighted by Gasteiger charge is 2.23. The fourth-order valence-electron chi connectivity index (χ4n) is 2.36. The molecule has 2 atom stereocenters. The maximum Gasteiger partial charge on any atom is 0.133 e. The second-order valence-corrected chi connectivity index (χ2v) is 5.54. The Morgan fingerprint density at radius 1 is 1.22 bits per heavy atom. The van der Waals surface area contributed by atoms with Gasteiger partial charge in [-0.15, -0.1) is 0 Å². The number of anilines is 1. The molecular weight excluding hydrogens is 226 g/mol. The zero-order valence-electron chi connectivity index (χ0n) is 12.0. The van der Waals surface area contributed by atoms with Crippen molar-refractivity contribution in [1.82, 2.24) is 9.97 Å². The minimum Gasteiger partial charge on any atom is -0.372 e. The molecule has 0 spiro atoms. The van der Waals surface area contributed by atoms with Crippen LogP contribution >= 0.6 is 0 Å². The summed E-state index contributed by atoms with van der Waals surface area (Å²) >= 11 is 0. The summed E-state index contributed by atoms with van der Waals surface area (Å²) in [5.41, 5.74) is 1.04. The van der Waals surface area contributed by atoms with Crippen LogP contribution in [0.1, 0.15) is 45.1 Å². The van der Waals surface area contributed by atoms with Crippen molar-refractivity contribution in [3.05, 3.63) is 17.6 Å². The Hall–Kier alpha value is -1.16. The largest absolute Gasteiger partial charge is 0.372 e. The SMILES string of the molecule is Cc1cc(N2C[C@H](C)O[C@@H](C)C2)nc(C(C)C)n1. The fraction of sp³-hybridized carbons (Fsp3) is 0.714. The number of aryl methyl sites for hydroxylation is 1. The molecule has 1 aliphatic heterocycles. The Labute approximate surface area is 109 Å². The Morgan fingerprint density at radius 2 is 1.83 bits per heavy atom. The van der Waals surface area contributed by atoms with E-state index in [0.29, 0.717) is 5.92 Å². The van der Waals surface area contributed by atoms with Gasteiger partial charge in [-0.1, -0.05) is 13.8 Å². The first-order valence-electron chi connectivity index (χ1n) is 6.71. The van der Waals surface area contributed by atoms with Gasteiger partial charge in [-0.2, -0.15) is 0 Å². The van der Waals surface area contributed by atoms with Gasteiger partial charge in [-0.25, -0.2) is 9.97 Å². The van der Waals surface area contributed by atoms with E-state index in [1.807, 2.05) is 6.92 Å². The van der Waals surface area contributed by atoms with E-state index >= 15 is 0 Å². The van der Waals surface area contributed by atoms with Gasteiger partial charge in [0.1, 0.15) is 11.6 Å². The normalized spacial score (nSPS) is 24.7. The van der Waals surface area contributed by atoms with Crippen LogP contribution < -0.4 is 4.90 Å². The van der Waals surface area contributed by atoms with Crippen LogP contribution in [0.2, 0.25) is 0 Å². The van der Waals surface area contributed by atoms with Gasteiger partial charge in [0.25, 0.3) is 0 Å². The summed E-state index contributed by atoms with van der Waals surface area (Å²) in [6.07, 6.45) is 0.512. The van der Waals surface area contributed by atoms with Crippen LogP contribution in [0, 0.1) is 6.92 Å². The van der Waals surface area contributed by atoms with Gasteiger partial charge in [-0.05, 0) is 20.8 Å². The second-order valence-electron chi connectivity index (χ2n) is 5.54. The topological polar surface area (TPSA) is 38.2 Å². The predicted molar refractivity (Wildman–Crippen MR) is 73.1 cm³/mol. The Balaban J connectivity index is 2.26. The molecule has 1 aliphatic rings. The lowest BCUT2D eigenvalue weighted by molar-refractivity contribution is -0.00548. The molecule has 100 valence electrons. The smallest absolute Gasteiger partial charge is 0.133 e. The van der Waals surface area contributed by atoms with Gasteiger partial charge in [0, 0.05) is 30.8 Å². The number of rotatable bonds is 2. The molecule has 1 aromatic heterocycles. The maximum absolute atomic E-state index is 5.76. The molecule has 0 radical (unpaired) electrons. The first kappa shape index (κ1) is 13.3. The lowest BCUT2D eigenvalue weighted by atomic mass is 10.2. The lowest BCUT2D eigenvalue weighted by Gasteiger charge is -2.36. The summed E-state index contributed by atoms with van der Waals surface area (Å²) < 4.78 is 5.76. The molecule has 0 aromatic carbocycles. The average molecular weight is 249 g/mol. The summed E-state index contributed by atoms with van der Waals surface area (Å²) in [4.78, 5) is 11.5. The van der Waals surface area contributed by atoms with Crippen LogP contribution in [0.3, 0.4) is 0 Å². The minimum absolute atomic E-state index is 0.256. The molecule has 2 heterocycles. The van der Waals surface area contributed by atoms with Crippen LogP contribution in [-0.4, -0.2) is 35.3 Å². The van der Waals surface area contributed by atoms with Gasteiger partial charge in [-0.3, -0.25) is 0 Å². The molecule has 1 aromatic rings. The number of aromatic nitrogens is 2. The number of morpholine rings is 1. The van der Waals surface area contributed by atoms with Crippen molar-refractivity contribution >= 4 is 5.82 Å². The summed E-state index contributed by atoms with van der Waals surface area (Å²) in [5.74, 6) is 2.32. The molecule has 0 unspecified atom stereocenters. The van der Waals surface area contributed by atoms with Crippen LogP contribution in [0.5, 0.6) is 0 Å². The number of ether oxygens (including phenoxy) is 1. The first-order valence-corrected chi connectivity index (χ1v) is 6.71. The molecule has 0 aliphatic carbocycles. The molecule has 0 amide bonds. The van der Waals surface area contributed by atoms with Crippen molar-refractivity contribution < 1.29 is 4.74 Å². The molecule has 0 N–H and O–H groups in total. The second kappa shape index (κ2) is 5.22. The Bertz CT molecular complexity index is 410. The van der Waals surface area contributed by atoms with Crippen molar-refractivity contribution in [2.75, 3.05) is 18.0 Å². The average Bonchev–Trinajstić information content (AvgIpc) is 2.26. The highest BCUT2D eigenvalue weighted by Crippen LogP contribution is 2.21. The standard InChI is InChI=1S/C14H23N3O/c1-9(2)14-15-10(3)6-13(16-14)17-7-11(4)18-12(5)8-17/h6,9,11-12H,7-8H2,1-5H3/t11-,12-/m0/s1. The predicted octanol–water partition coefficient (Wildman–Crippen LogP) is 2.52.